The van der Waals surface area contributed by atoms with Crippen LogP contribution in [0.2, 0.25) is 0 Å². The second-order valence-electron chi connectivity index (χ2n) is 6.36. The van der Waals surface area contributed by atoms with Crippen LogP contribution in [-0.2, 0) is 19.0 Å². The summed E-state index contributed by atoms with van der Waals surface area (Å²) in [7, 11) is 3.18. The molecule has 0 aromatic carbocycles. The Bertz CT molecular complexity index is 418. The molecule has 1 saturated heterocycles. The molecule has 2 N–H and O–H groups in total. The number of terminal acetylenes is 1. The number of methoxy groups -OCH3 is 2. The predicted molar refractivity (Wildman–Crippen MR) is 84.9 cm³/mol. The minimum Gasteiger partial charge on any atom is -0.479 e. The molecule has 0 spiro atoms. The van der Waals surface area contributed by atoms with E-state index >= 15 is 0 Å². The average molecular weight is 328 g/mol. The summed E-state index contributed by atoms with van der Waals surface area (Å²) in [6.07, 6.45) is 3.96. The van der Waals surface area contributed by atoms with E-state index in [1.807, 2.05) is 13.8 Å². The SMILES string of the molecule is C#CC[C@H](C)C[C@H](OC)[C@H]1O[C@@H]([C@@H](O)C(=O)O)[C@H](C)C[C@@H]1OC. The van der Waals surface area contributed by atoms with Crippen molar-refractivity contribution in [2.24, 2.45) is 11.8 Å². The molecule has 7 atom stereocenters. The lowest BCUT2D eigenvalue weighted by Crippen LogP contribution is -2.55. The van der Waals surface area contributed by atoms with Crippen LogP contribution >= 0.6 is 0 Å². The summed E-state index contributed by atoms with van der Waals surface area (Å²) in [6, 6.07) is 0. The quantitative estimate of drug-likeness (QED) is 0.654. The summed E-state index contributed by atoms with van der Waals surface area (Å²) in [5.74, 6) is 1.45. The van der Waals surface area contributed by atoms with Crippen molar-refractivity contribution in [3.05, 3.63) is 0 Å². The molecule has 0 aliphatic carbocycles. The first-order valence-electron chi connectivity index (χ1n) is 7.91. The van der Waals surface area contributed by atoms with E-state index in [1.54, 1.807) is 14.2 Å². The minimum atomic E-state index is -1.56. The van der Waals surface area contributed by atoms with Gasteiger partial charge in [-0.25, -0.2) is 4.79 Å². The zero-order chi connectivity index (χ0) is 17.6. The fourth-order valence-corrected chi connectivity index (χ4v) is 3.17. The highest BCUT2D eigenvalue weighted by Gasteiger charge is 2.44. The van der Waals surface area contributed by atoms with E-state index in [9.17, 15) is 9.90 Å². The molecule has 1 heterocycles. The number of aliphatic carboxylic acids is 1. The molecular weight excluding hydrogens is 300 g/mol. The minimum absolute atomic E-state index is 0.136. The molecule has 1 rings (SSSR count). The van der Waals surface area contributed by atoms with Crippen LogP contribution in [0, 0.1) is 24.2 Å². The molecule has 0 radical (unpaired) electrons. The van der Waals surface area contributed by atoms with Crippen LogP contribution in [-0.4, -0.2) is 60.9 Å². The van der Waals surface area contributed by atoms with Crippen LogP contribution in [0.25, 0.3) is 0 Å². The molecule has 1 aliphatic heterocycles. The fraction of sp³-hybridized carbons (Fsp3) is 0.824. The molecule has 23 heavy (non-hydrogen) atoms. The standard InChI is InChI=1S/C17H28O6/c1-6-7-10(2)8-12(21-4)16-13(22-5)9-11(3)15(23-16)14(18)17(19)20/h1,10-16,18H,7-9H2,2-5H3,(H,19,20)/t10-,11+,12-,13-,14+,15+,16+/m0/s1. The highest BCUT2D eigenvalue weighted by Crippen LogP contribution is 2.33. The smallest absolute Gasteiger partial charge is 0.335 e. The van der Waals surface area contributed by atoms with Crippen LogP contribution in [0.15, 0.2) is 0 Å². The first kappa shape index (κ1) is 19.9. The van der Waals surface area contributed by atoms with Gasteiger partial charge in [-0.3, -0.25) is 0 Å². The molecule has 6 nitrogen and oxygen atoms in total. The monoisotopic (exact) mass is 328 g/mol. The van der Waals surface area contributed by atoms with Gasteiger partial charge in [0.25, 0.3) is 0 Å². The van der Waals surface area contributed by atoms with Crippen LogP contribution in [0.4, 0.5) is 0 Å². The highest BCUT2D eigenvalue weighted by atomic mass is 16.6. The van der Waals surface area contributed by atoms with E-state index in [4.69, 9.17) is 25.7 Å². The Morgan fingerprint density at radius 1 is 1.43 bits per heavy atom. The molecule has 0 unspecified atom stereocenters. The largest absolute Gasteiger partial charge is 0.479 e. The molecule has 132 valence electrons. The van der Waals surface area contributed by atoms with Gasteiger partial charge in [-0.1, -0.05) is 13.8 Å². The van der Waals surface area contributed by atoms with E-state index < -0.39 is 24.3 Å². The maximum Gasteiger partial charge on any atom is 0.335 e. The van der Waals surface area contributed by atoms with Gasteiger partial charge in [-0.05, 0) is 24.7 Å². The van der Waals surface area contributed by atoms with Gasteiger partial charge in [-0.2, -0.15) is 0 Å². The summed E-state index contributed by atoms with van der Waals surface area (Å²) in [4.78, 5) is 11.1. The zero-order valence-corrected chi connectivity index (χ0v) is 14.3. The van der Waals surface area contributed by atoms with Crippen molar-refractivity contribution in [3.63, 3.8) is 0 Å². The van der Waals surface area contributed by atoms with Crippen molar-refractivity contribution in [1.29, 1.82) is 0 Å². The van der Waals surface area contributed by atoms with E-state index in [2.05, 4.69) is 5.92 Å². The van der Waals surface area contributed by atoms with Gasteiger partial charge in [0.15, 0.2) is 6.10 Å². The second kappa shape index (κ2) is 9.24. The lowest BCUT2D eigenvalue weighted by Gasteiger charge is -2.43. The van der Waals surface area contributed by atoms with Crippen molar-refractivity contribution in [2.45, 2.75) is 63.6 Å². The number of hydrogen-bond acceptors (Lipinski definition) is 5. The van der Waals surface area contributed by atoms with Crippen LogP contribution in [0.5, 0.6) is 0 Å². The van der Waals surface area contributed by atoms with Crippen molar-refractivity contribution in [1.82, 2.24) is 0 Å². The van der Waals surface area contributed by atoms with Crippen LogP contribution < -0.4 is 0 Å². The van der Waals surface area contributed by atoms with E-state index in [0.29, 0.717) is 19.3 Å². The Hall–Kier alpha value is -1.13. The number of aliphatic hydroxyl groups excluding tert-OH is 1. The van der Waals surface area contributed by atoms with Crippen molar-refractivity contribution in [3.8, 4) is 12.3 Å². The summed E-state index contributed by atoms with van der Waals surface area (Å²) in [6.45, 7) is 3.88. The summed E-state index contributed by atoms with van der Waals surface area (Å²) < 4.78 is 17.0. The predicted octanol–water partition coefficient (Wildman–Crippen LogP) is 1.30. The number of ether oxygens (including phenoxy) is 3. The normalized spacial score (nSPS) is 31.8. The second-order valence-corrected chi connectivity index (χ2v) is 6.36. The molecule has 6 heteroatoms. The molecular formula is C17H28O6. The number of aliphatic hydroxyl groups is 1. The van der Waals surface area contributed by atoms with Crippen molar-refractivity contribution in [2.75, 3.05) is 14.2 Å². The van der Waals surface area contributed by atoms with Crippen LogP contribution in [0.3, 0.4) is 0 Å². The van der Waals surface area contributed by atoms with Gasteiger partial charge in [0.05, 0.1) is 18.3 Å². The zero-order valence-electron chi connectivity index (χ0n) is 14.3. The topological polar surface area (TPSA) is 85.2 Å². The number of carbonyl (C=O) groups is 1. The third kappa shape index (κ3) is 5.18. The van der Waals surface area contributed by atoms with Gasteiger partial charge in [0.1, 0.15) is 6.10 Å². The summed E-state index contributed by atoms with van der Waals surface area (Å²) >= 11 is 0. The molecule has 1 fully saturated rings. The van der Waals surface area contributed by atoms with E-state index in [0.717, 1.165) is 0 Å². The third-order valence-electron chi connectivity index (χ3n) is 4.48. The number of carboxylic acids is 1. The lowest BCUT2D eigenvalue weighted by molar-refractivity contribution is -0.219. The Balaban J connectivity index is 2.89. The first-order valence-corrected chi connectivity index (χ1v) is 7.91. The summed E-state index contributed by atoms with van der Waals surface area (Å²) in [5.41, 5.74) is 0. The van der Waals surface area contributed by atoms with Gasteiger partial charge >= 0.3 is 5.97 Å². The Labute approximate surface area is 138 Å². The Morgan fingerprint density at radius 3 is 2.57 bits per heavy atom. The molecule has 0 bridgehead atoms. The van der Waals surface area contributed by atoms with Gasteiger partial charge in [0.2, 0.25) is 0 Å². The lowest BCUT2D eigenvalue weighted by atomic mass is 9.84. The molecule has 1 aliphatic rings. The van der Waals surface area contributed by atoms with Crippen molar-refractivity contribution < 1.29 is 29.2 Å². The van der Waals surface area contributed by atoms with E-state index in [1.165, 1.54) is 0 Å². The maximum atomic E-state index is 11.1. The fourth-order valence-electron chi connectivity index (χ4n) is 3.17. The number of rotatable bonds is 8. The van der Waals surface area contributed by atoms with Crippen LogP contribution in [0.1, 0.15) is 33.1 Å². The first-order chi connectivity index (χ1) is 10.8. The highest BCUT2D eigenvalue weighted by molar-refractivity contribution is 5.72. The summed E-state index contributed by atoms with van der Waals surface area (Å²) in [5, 5.41) is 18.9. The van der Waals surface area contributed by atoms with E-state index in [-0.39, 0.29) is 24.0 Å². The van der Waals surface area contributed by atoms with Gasteiger partial charge in [-0.15, -0.1) is 12.3 Å². The Kier molecular flexibility index (Phi) is 8.00. The average Bonchev–Trinajstić information content (AvgIpc) is 2.51. The Morgan fingerprint density at radius 2 is 2.09 bits per heavy atom. The molecule has 0 saturated carbocycles. The number of carboxylic acid groups (broad SMARTS) is 1. The molecule has 0 amide bonds. The maximum absolute atomic E-state index is 11.1. The van der Waals surface area contributed by atoms with Gasteiger partial charge in [0, 0.05) is 20.6 Å². The number of hydrogen-bond donors (Lipinski definition) is 2. The van der Waals surface area contributed by atoms with Crippen molar-refractivity contribution >= 4 is 5.97 Å². The van der Waals surface area contributed by atoms with Gasteiger partial charge < -0.3 is 24.4 Å². The molecule has 0 aromatic rings. The third-order valence-corrected chi connectivity index (χ3v) is 4.48. The molecule has 0 aromatic heterocycles.